The molecule has 0 aromatic heterocycles. The van der Waals surface area contributed by atoms with Crippen LogP contribution in [0, 0.1) is 11.8 Å². The summed E-state index contributed by atoms with van der Waals surface area (Å²) in [7, 11) is 0. The molecule has 2 aliphatic heterocycles. The number of nitrogens with one attached hydrogen (secondary N) is 1. The fourth-order valence-electron chi connectivity index (χ4n) is 6.37. The normalized spacial score (nSPS) is 23.2. The summed E-state index contributed by atoms with van der Waals surface area (Å²) in [5, 5.41) is 23.8. The first-order valence-electron chi connectivity index (χ1n) is 14.4. The van der Waals surface area contributed by atoms with E-state index in [1.54, 1.807) is 24.3 Å². The molecule has 0 aliphatic carbocycles. The van der Waals surface area contributed by atoms with E-state index in [0.29, 0.717) is 11.3 Å². The molecule has 3 N–H and O–H groups in total. The summed E-state index contributed by atoms with van der Waals surface area (Å²) in [6.45, 7) is 2.02. The van der Waals surface area contributed by atoms with Gasteiger partial charge in [-0.05, 0) is 58.5 Å². The molecule has 2 aliphatic rings. The van der Waals surface area contributed by atoms with Crippen LogP contribution in [0.5, 0.6) is 5.75 Å². The fraction of sp³-hybridized carbons (Fsp3) is 0.194. The molecular weight excluding hydrogens is 540 g/mol. The van der Waals surface area contributed by atoms with Crippen LogP contribution in [0.25, 0.3) is 12.2 Å². The quantitative estimate of drug-likeness (QED) is 0.186. The summed E-state index contributed by atoms with van der Waals surface area (Å²) in [4.78, 5) is 42.5. The zero-order chi connectivity index (χ0) is 30.1. The summed E-state index contributed by atoms with van der Waals surface area (Å²) >= 11 is 0. The Bertz CT molecular complexity index is 1680. The Morgan fingerprint density at radius 3 is 2.02 bits per heavy atom. The number of carbonyl (C=O) groups excluding carboxylic acids is 2. The Balaban J connectivity index is 1.39. The van der Waals surface area contributed by atoms with Crippen molar-refractivity contribution in [3.05, 3.63) is 131 Å². The number of phenols is 1. The average Bonchev–Trinajstić information content (AvgIpc) is 3.51. The van der Waals surface area contributed by atoms with Crippen LogP contribution in [0.2, 0.25) is 0 Å². The average molecular weight is 573 g/mol. The van der Waals surface area contributed by atoms with Gasteiger partial charge in [-0.15, -0.1) is 0 Å². The number of amides is 2. The summed E-state index contributed by atoms with van der Waals surface area (Å²) < 4.78 is 0. The minimum Gasteiger partial charge on any atom is -0.508 e. The van der Waals surface area contributed by atoms with Crippen LogP contribution in [0.1, 0.15) is 40.8 Å². The second kappa shape index (κ2) is 11.3. The van der Waals surface area contributed by atoms with Crippen LogP contribution in [-0.4, -0.2) is 33.5 Å². The number of nitrogens with zero attached hydrogens (tertiary/aromatic N) is 1. The van der Waals surface area contributed by atoms with Crippen molar-refractivity contribution in [1.29, 1.82) is 0 Å². The van der Waals surface area contributed by atoms with Crippen LogP contribution in [0.15, 0.2) is 103 Å². The molecule has 0 radical (unpaired) electrons. The largest absolute Gasteiger partial charge is 0.508 e. The van der Waals surface area contributed by atoms with Crippen molar-refractivity contribution in [3.8, 4) is 5.75 Å². The monoisotopic (exact) mass is 572 g/mol. The van der Waals surface area contributed by atoms with Crippen LogP contribution in [0.4, 0.5) is 5.69 Å². The Labute approximate surface area is 250 Å². The van der Waals surface area contributed by atoms with Crippen molar-refractivity contribution < 1.29 is 24.6 Å². The highest BCUT2D eigenvalue weighted by Gasteiger charge is 2.68. The van der Waals surface area contributed by atoms with Gasteiger partial charge in [0, 0.05) is 12.5 Å². The van der Waals surface area contributed by atoms with Gasteiger partial charge >= 0.3 is 5.97 Å². The van der Waals surface area contributed by atoms with Gasteiger partial charge in [0.15, 0.2) is 0 Å². The van der Waals surface area contributed by atoms with E-state index in [-0.39, 0.29) is 12.2 Å². The standard InChI is InChI=1S/C36H32N2O5/c1-2-23-12-18-28(19-13-23)38-33(40)30-31(34(38)41)36(35(42)43,22-26-14-20-29(39)21-15-26)37-32(30)27-16-10-25(11-17-27)9-8-24-6-4-3-5-7-24/h3-21,30-32,37,39H,2,22H2,1H3,(H,42,43). The lowest BCUT2D eigenvalue weighted by Crippen LogP contribution is -2.57. The van der Waals surface area contributed by atoms with E-state index >= 15 is 0 Å². The van der Waals surface area contributed by atoms with Gasteiger partial charge in [0.25, 0.3) is 0 Å². The van der Waals surface area contributed by atoms with Crippen LogP contribution < -0.4 is 10.2 Å². The molecule has 2 heterocycles. The Kier molecular flexibility index (Phi) is 7.42. The van der Waals surface area contributed by atoms with E-state index in [4.69, 9.17) is 0 Å². The molecule has 7 nitrogen and oxygen atoms in total. The van der Waals surface area contributed by atoms with E-state index in [2.05, 4.69) is 5.32 Å². The molecule has 2 amide bonds. The third-order valence-electron chi connectivity index (χ3n) is 8.62. The summed E-state index contributed by atoms with van der Waals surface area (Å²) in [5.74, 6) is -4.16. The summed E-state index contributed by atoms with van der Waals surface area (Å²) in [5.41, 5.74) is 3.12. The zero-order valence-electron chi connectivity index (χ0n) is 23.7. The first kappa shape index (κ1) is 28.1. The second-order valence-corrected chi connectivity index (χ2v) is 11.2. The number of aromatic hydroxyl groups is 1. The zero-order valence-corrected chi connectivity index (χ0v) is 23.7. The lowest BCUT2D eigenvalue weighted by atomic mass is 9.76. The fourth-order valence-corrected chi connectivity index (χ4v) is 6.37. The summed E-state index contributed by atoms with van der Waals surface area (Å²) in [6.07, 6.45) is 4.76. The number of phenolic OH excluding ortho intramolecular Hbond substituents is 1. The van der Waals surface area contributed by atoms with Crippen LogP contribution in [0.3, 0.4) is 0 Å². The highest BCUT2D eigenvalue weighted by molar-refractivity contribution is 6.24. The van der Waals surface area contributed by atoms with Gasteiger partial charge in [0.1, 0.15) is 11.3 Å². The highest BCUT2D eigenvalue weighted by Crippen LogP contribution is 2.51. The molecule has 0 bridgehead atoms. The van der Waals surface area contributed by atoms with Crippen molar-refractivity contribution in [2.45, 2.75) is 31.3 Å². The molecule has 2 saturated heterocycles. The number of benzene rings is 4. The van der Waals surface area contributed by atoms with Gasteiger partial charge in [0.05, 0.1) is 17.5 Å². The van der Waals surface area contributed by atoms with Gasteiger partial charge < -0.3 is 10.2 Å². The Hall–Kier alpha value is -5.01. The molecule has 4 aromatic carbocycles. The Morgan fingerprint density at radius 1 is 0.814 bits per heavy atom. The first-order valence-corrected chi connectivity index (χ1v) is 14.4. The van der Waals surface area contributed by atoms with E-state index in [1.807, 2.05) is 85.8 Å². The lowest BCUT2D eigenvalue weighted by Gasteiger charge is -2.31. The number of hydrogen-bond acceptors (Lipinski definition) is 5. The molecule has 2 fully saturated rings. The number of carboxylic acid groups (broad SMARTS) is 1. The number of anilines is 1. The highest BCUT2D eigenvalue weighted by atomic mass is 16.4. The minimum absolute atomic E-state index is 0.0419. The molecule has 4 unspecified atom stereocenters. The number of aliphatic carboxylic acids is 1. The summed E-state index contributed by atoms with van der Waals surface area (Å²) in [6, 6.07) is 30.3. The van der Waals surface area contributed by atoms with Crippen molar-refractivity contribution in [1.82, 2.24) is 5.32 Å². The van der Waals surface area contributed by atoms with Crippen molar-refractivity contribution in [2.75, 3.05) is 4.90 Å². The van der Waals surface area contributed by atoms with Crippen LogP contribution in [-0.2, 0) is 27.2 Å². The van der Waals surface area contributed by atoms with Crippen LogP contribution >= 0.6 is 0 Å². The minimum atomic E-state index is -1.75. The smallest absolute Gasteiger partial charge is 0.325 e. The van der Waals surface area contributed by atoms with Gasteiger partial charge in [-0.25, -0.2) is 4.90 Å². The maximum Gasteiger partial charge on any atom is 0.325 e. The van der Waals surface area contributed by atoms with E-state index < -0.39 is 41.2 Å². The van der Waals surface area contributed by atoms with E-state index in [0.717, 1.165) is 33.6 Å². The molecule has 43 heavy (non-hydrogen) atoms. The van der Waals surface area contributed by atoms with Crippen molar-refractivity contribution >= 4 is 35.6 Å². The predicted octanol–water partition coefficient (Wildman–Crippen LogP) is 5.64. The second-order valence-electron chi connectivity index (χ2n) is 11.2. The van der Waals surface area contributed by atoms with Gasteiger partial charge in [0.2, 0.25) is 11.8 Å². The number of rotatable bonds is 8. The first-order chi connectivity index (χ1) is 20.8. The molecule has 4 atom stereocenters. The van der Waals surface area contributed by atoms with E-state index in [9.17, 15) is 24.6 Å². The molecular formula is C36H32N2O5. The number of fused-ring (bicyclic) bond motifs is 1. The van der Waals surface area contributed by atoms with E-state index in [1.165, 1.54) is 12.1 Å². The number of hydrogen-bond donors (Lipinski definition) is 3. The van der Waals surface area contributed by atoms with Gasteiger partial charge in [-0.2, -0.15) is 0 Å². The van der Waals surface area contributed by atoms with Crippen molar-refractivity contribution in [2.24, 2.45) is 11.8 Å². The number of imide groups is 1. The number of aryl methyl sites for hydroxylation is 1. The molecule has 0 saturated carbocycles. The van der Waals surface area contributed by atoms with Crippen molar-refractivity contribution in [3.63, 3.8) is 0 Å². The maximum atomic E-state index is 14.1. The number of carboxylic acids is 1. The molecule has 216 valence electrons. The molecule has 7 heteroatoms. The van der Waals surface area contributed by atoms with Gasteiger partial charge in [-0.3, -0.25) is 19.7 Å². The molecule has 4 aromatic rings. The predicted molar refractivity (Wildman–Crippen MR) is 165 cm³/mol. The number of carbonyl (C=O) groups is 3. The SMILES string of the molecule is CCc1ccc(N2C(=O)C3C(c4ccc(C=Cc5ccccc5)cc4)NC(Cc4ccc(O)cc4)(C(=O)O)C3C2=O)cc1. The third-order valence-corrected chi connectivity index (χ3v) is 8.62. The Morgan fingerprint density at radius 2 is 1.42 bits per heavy atom. The third kappa shape index (κ3) is 5.13. The molecule has 0 spiro atoms. The molecule has 6 rings (SSSR count). The maximum absolute atomic E-state index is 14.1. The lowest BCUT2D eigenvalue weighted by molar-refractivity contribution is -0.148. The topological polar surface area (TPSA) is 107 Å². The van der Waals surface area contributed by atoms with Gasteiger partial charge in [-0.1, -0.05) is 97.9 Å².